The number of hydrogen-bond donors (Lipinski definition) is 4. The van der Waals surface area contributed by atoms with Crippen LogP contribution in [0.2, 0.25) is 5.02 Å². The average Bonchev–Trinajstić information content (AvgIpc) is 3.71. The van der Waals surface area contributed by atoms with Gasteiger partial charge in [-0.2, -0.15) is 0 Å². The van der Waals surface area contributed by atoms with Gasteiger partial charge in [0, 0.05) is 11.6 Å². The van der Waals surface area contributed by atoms with Gasteiger partial charge >= 0.3 is 0 Å². The number of halogens is 1. The lowest BCUT2D eigenvalue weighted by molar-refractivity contribution is -0.384. The molecule has 0 atom stereocenters. The van der Waals surface area contributed by atoms with Gasteiger partial charge in [0.05, 0.1) is 33.4 Å². The number of benzene rings is 3. The number of hydrogen-bond acceptors (Lipinski definition) is 5. The molecular formula is C31H24ClN5O5. The molecule has 0 saturated heterocycles. The lowest BCUT2D eigenvalue weighted by Crippen LogP contribution is -2.19. The van der Waals surface area contributed by atoms with Crippen LogP contribution >= 0.6 is 11.6 Å². The Hall–Kier alpha value is -5.35. The Labute approximate surface area is 243 Å². The van der Waals surface area contributed by atoms with Crippen LogP contribution in [0.3, 0.4) is 0 Å². The summed E-state index contributed by atoms with van der Waals surface area (Å²) in [6, 6.07) is 22.9. The Bertz CT molecular complexity index is 1950. The number of aryl methyl sites for hydroxylation is 2. The molecule has 3 aromatic carbocycles. The first-order chi connectivity index (χ1) is 20.2. The largest absolute Gasteiger partial charge is 0.460 e. The summed E-state index contributed by atoms with van der Waals surface area (Å²) < 4.78 is 6.29. The summed E-state index contributed by atoms with van der Waals surface area (Å²) in [5, 5.41) is 22.8. The molecule has 4 N–H and O–H groups in total. The highest BCUT2D eigenvalue weighted by molar-refractivity contribution is 6.32. The van der Waals surface area contributed by atoms with E-state index in [0.717, 1.165) is 22.3 Å². The highest BCUT2D eigenvalue weighted by Gasteiger charge is 2.33. The van der Waals surface area contributed by atoms with Crippen molar-refractivity contribution in [1.82, 2.24) is 20.4 Å². The number of aromatic nitrogens is 4. The molecule has 6 rings (SSSR count). The van der Waals surface area contributed by atoms with Crippen LogP contribution in [-0.2, 0) is 0 Å². The van der Waals surface area contributed by atoms with E-state index in [1.807, 2.05) is 62.4 Å². The third-order valence-corrected chi connectivity index (χ3v) is 7.55. The molecule has 0 spiro atoms. The number of nitrogens with zero attached hydrogens (tertiary/aromatic N) is 1. The van der Waals surface area contributed by atoms with Gasteiger partial charge in [0.2, 0.25) is 0 Å². The summed E-state index contributed by atoms with van der Waals surface area (Å²) in [5.41, 5.74) is 4.43. The van der Waals surface area contributed by atoms with Crippen molar-refractivity contribution in [2.45, 2.75) is 19.8 Å². The van der Waals surface area contributed by atoms with Crippen molar-refractivity contribution in [2.24, 2.45) is 0 Å². The van der Waals surface area contributed by atoms with E-state index < -0.39 is 22.0 Å². The highest BCUT2D eigenvalue weighted by Crippen LogP contribution is 2.40. The van der Waals surface area contributed by atoms with E-state index in [0.29, 0.717) is 28.5 Å². The summed E-state index contributed by atoms with van der Waals surface area (Å²) in [6.07, 6.45) is 0. The molecule has 0 amide bonds. The predicted octanol–water partition coefficient (Wildman–Crippen LogP) is 6.67. The summed E-state index contributed by atoms with van der Waals surface area (Å²) >= 11 is 6.02. The third kappa shape index (κ3) is 4.77. The number of H-pyrrole nitrogens is 4. The van der Waals surface area contributed by atoms with E-state index in [2.05, 4.69) is 20.4 Å². The van der Waals surface area contributed by atoms with Gasteiger partial charge in [0.15, 0.2) is 0 Å². The molecule has 0 unspecified atom stereocenters. The molecule has 10 nitrogen and oxygen atoms in total. The van der Waals surface area contributed by atoms with Crippen molar-refractivity contribution in [3.05, 3.63) is 143 Å². The van der Waals surface area contributed by atoms with Crippen LogP contribution in [-0.4, -0.2) is 25.3 Å². The van der Waals surface area contributed by atoms with Gasteiger partial charge in [-0.15, -0.1) is 0 Å². The first-order valence-electron chi connectivity index (χ1n) is 13.0. The first-order valence-corrected chi connectivity index (χ1v) is 13.4. The van der Waals surface area contributed by atoms with Crippen LogP contribution in [0.4, 0.5) is 5.69 Å². The van der Waals surface area contributed by atoms with E-state index >= 15 is 0 Å². The van der Waals surface area contributed by atoms with E-state index in [1.54, 1.807) is 18.2 Å². The minimum absolute atomic E-state index is 0.00315. The second kappa shape index (κ2) is 10.6. The van der Waals surface area contributed by atoms with E-state index in [-0.39, 0.29) is 21.8 Å². The number of nitro groups is 1. The minimum atomic E-state index is -0.960. The Morgan fingerprint density at radius 3 is 1.71 bits per heavy atom. The minimum Gasteiger partial charge on any atom is -0.460 e. The molecule has 11 heteroatoms. The van der Waals surface area contributed by atoms with Crippen LogP contribution in [0, 0.1) is 24.0 Å². The molecule has 0 radical (unpaired) electrons. The molecule has 210 valence electrons. The molecule has 0 aliphatic rings. The van der Waals surface area contributed by atoms with Gasteiger partial charge in [-0.1, -0.05) is 71.3 Å². The van der Waals surface area contributed by atoms with Crippen molar-refractivity contribution >= 4 is 17.3 Å². The van der Waals surface area contributed by atoms with E-state index in [4.69, 9.17) is 16.0 Å². The van der Waals surface area contributed by atoms with E-state index in [1.165, 1.54) is 12.1 Å². The summed E-state index contributed by atoms with van der Waals surface area (Å²) in [7, 11) is 0. The second-order valence-corrected chi connectivity index (χ2v) is 10.4. The Morgan fingerprint density at radius 2 is 1.21 bits per heavy atom. The van der Waals surface area contributed by atoms with Crippen LogP contribution in [0.1, 0.15) is 33.9 Å². The normalized spacial score (nSPS) is 11.3. The zero-order chi connectivity index (χ0) is 29.5. The molecule has 0 fully saturated rings. The number of aromatic amines is 4. The molecule has 3 heterocycles. The summed E-state index contributed by atoms with van der Waals surface area (Å²) in [5.74, 6) is -0.361. The average molecular weight is 582 g/mol. The smallest absolute Gasteiger partial charge is 0.288 e. The zero-order valence-corrected chi connectivity index (χ0v) is 23.2. The maximum atomic E-state index is 13.5. The standard InChI is InChI=1S/C31H24ClN5O5/c1-16-3-7-18(8-4-16)28-26(30(38)35-33-28)25(27-29(34-36-31(27)39)19-9-5-17(2)6-10-19)24-14-13-23(42-24)20-11-12-21(32)22(15-20)37(40)41/h3-15,25H,1-2H3,(H2,33,35,38)(H2,34,36,39). The van der Waals surface area contributed by atoms with Gasteiger partial charge in [0.25, 0.3) is 16.8 Å². The molecule has 0 saturated carbocycles. The predicted molar refractivity (Wildman–Crippen MR) is 160 cm³/mol. The number of nitrogens with one attached hydrogen (secondary N) is 4. The van der Waals surface area contributed by atoms with Crippen molar-refractivity contribution < 1.29 is 9.34 Å². The van der Waals surface area contributed by atoms with Crippen molar-refractivity contribution in [3.63, 3.8) is 0 Å². The lowest BCUT2D eigenvalue weighted by atomic mass is 9.86. The number of rotatable bonds is 7. The van der Waals surface area contributed by atoms with Crippen molar-refractivity contribution in [2.75, 3.05) is 0 Å². The Kier molecular flexibility index (Phi) is 6.75. The fourth-order valence-corrected chi connectivity index (χ4v) is 5.27. The van der Waals surface area contributed by atoms with Crippen LogP contribution < -0.4 is 11.1 Å². The highest BCUT2D eigenvalue weighted by atomic mass is 35.5. The van der Waals surface area contributed by atoms with Gasteiger partial charge in [-0.05, 0) is 49.2 Å². The molecule has 6 aromatic rings. The molecule has 3 aromatic heterocycles. The molecule has 0 aliphatic carbocycles. The Balaban J connectivity index is 1.58. The topological polar surface area (TPSA) is 154 Å². The SMILES string of the molecule is Cc1ccc(-c2[nH][nH]c(=O)c2C(c2ccc(-c3ccc(Cl)c([N+](=O)[O-])c3)o2)c2c(-c3ccc(C)cc3)[nH][nH]c2=O)cc1. The van der Waals surface area contributed by atoms with Gasteiger partial charge < -0.3 is 4.42 Å². The van der Waals surface area contributed by atoms with Gasteiger partial charge in [-0.3, -0.25) is 40.1 Å². The molecule has 0 aliphatic heterocycles. The van der Waals surface area contributed by atoms with Gasteiger partial charge in [0.1, 0.15) is 16.5 Å². The third-order valence-electron chi connectivity index (χ3n) is 7.23. The fraction of sp³-hybridized carbons (Fsp3) is 0.0968. The number of nitro benzene ring substituents is 1. The summed E-state index contributed by atoms with van der Waals surface area (Å²) in [6.45, 7) is 3.93. The summed E-state index contributed by atoms with van der Waals surface area (Å²) in [4.78, 5) is 37.9. The Morgan fingerprint density at radius 1 is 0.714 bits per heavy atom. The lowest BCUT2D eigenvalue weighted by Gasteiger charge is -2.15. The van der Waals surface area contributed by atoms with Gasteiger partial charge in [-0.25, -0.2) is 0 Å². The first kappa shape index (κ1) is 26.9. The fourth-order valence-electron chi connectivity index (χ4n) is 5.08. The van der Waals surface area contributed by atoms with E-state index in [9.17, 15) is 19.7 Å². The van der Waals surface area contributed by atoms with Crippen LogP contribution in [0.25, 0.3) is 33.8 Å². The van der Waals surface area contributed by atoms with Crippen molar-refractivity contribution in [3.8, 4) is 33.8 Å². The molecule has 42 heavy (non-hydrogen) atoms. The molecule has 0 bridgehead atoms. The van der Waals surface area contributed by atoms with Crippen LogP contribution in [0.15, 0.2) is 92.9 Å². The second-order valence-electron chi connectivity index (χ2n) is 10.0. The quantitative estimate of drug-likeness (QED) is 0.122. The van der Waals surface area contributed by atoms with Crippen molar-refractivity contribution in [1.29, 1.82) is 0 Å². The maximum absolute atomic E-state index is 13.5. The zero-order valence-electron chi connectivity index (χ0n) is 22.4. The maximum Gasteiger partial charge on any atom is 0.288 e. The number of furan rings is 1. The monoisotopic (exact) mass is 581 g/mol. The van der Waals surface area contributed by atoms with Crippen LogP contribution in [0.5, 0.6) is 0 Å². The molecular weight excluding hydrogens is 558 g/mol.